The van der Waals surface area contributed by atoms with E-state index in [2.05, 4.69) is 29.0 Å². The zero-order valence-electron chi connectivity index (χ0n) is 12.4. The second-order valence-corrected chi connectivity index (χ2v) is 5.48. The van der Waals surface area contributed by atoms with Crippen LogP contribution >= 0.6 is 0 Å². The molecule has 0 aliphatic carbocycles. The van der Waals surface area contributed by atoms with Crippen molar-refractivity contribution in [3.63, 3.8) is 0 Å². The summed E-state index contributed by atoms with van der Waals surface area (Å²) in [6, 6.07) is 3.78. The average Bonchev–Trinajstić information content (AvgIpc) is 2.48. The smallest absolute Gasteiger partial charge is 0.255 e. The predicted molar refractivity (Wildman–Crippen MR) is 79.0 cm³/mol. The number of rotatable bonds is 4. The summed E-state index contributed by atoms with van der Waals surface area (Å²) in [4.78, 5) is 18.9. The van der Waals surface area contributed by atoms with Crippen molar-refractivity contribution in [3.05, 3.63) is 23.9 Å². The lowest BCUT2D eigenvalue weighted by Gasteiger charge is -2.29. The van der Waals surface area contributed by atoms with Crippen molar-refractivity contribution < 1.29 is 9.53 Å². The van der Waals surface area contributed by atoms with Crippen LogP contribution in [0.4, 0.5) is 5.82 Å². The highest BCUT2D eigenvalue weighted by molar-refractivity contribution is 5.99. The number of carbonyl (C=O) groups excluding carboxylic acids is 1. The van der Waals surface area contributed by atoms with Gasteiger partial charge in [0, 0.05) is 25.3 Å². The quantitative estimate of drug-likeness (QED) is 0.910. The minimum Gasteiger partial charge on any atom is -0.378 e. The second-order valence-electron chi connectivity index (χ2n) is 5.48. The van der Waals surface area contributed by atoms with Gasteiger partial charge in [-0.05, 0) is 25.0 Å². The lowest BCUT2D eigenvalue weighted by Crippen LogP contribution is -2.40. The van der Waals surface area contributed by atoms with Gasteiger partial charge in [-0.15, -0.1) is 0 Å². The number of aromatic nitrogens is 1. The van der Waals surface area contributed by atoms with Crippen LogP contribution in [0.5, 0.6) is 0 Å². The van der Waals surface area contributed by atoms with Crippen molar-refractivity contribution in [1.82, 2.24) is 10.3 Å². The molecule has 1 atom stereocenters. The number of amides is 1. The van der Waals surface area contributed by atoms with Crippen LogP contribution in [0.15, 0.2) is 18.3 Å². The molecule has 5 heteroatoms. The van der Waals surface area contributed by atoms with Crippen LogP contribution in [-0.4, -0.2) is 43.2 Å². The van der Waals surface area contributed by atoms with E-state index in [-0.39, 0.29) is 11.9 Å². The lowest BCUT2D eigenvalue weighted by atomic mass is 10.1. The molecule has 0 radical (unpaired) electrons. The maximum atomic E-state index is 12.4. The van der Waals surface area contributed by atoms with Gasteiger partial charge in [-0.2, -0.15) is 0 Å². The molecule has 0 saturated carbocycles. The number of hydrogen-bond donors (Lipinski definition) is 1. The number of carbonyl (C=O) groups is 1. The molecule has 20 heavy (non-hydrogen) atoms. The number of nitrogens with zero attached hydrogens (tertiary/aromatic N) is 2. The zero-order chi connectivity index (χ0) is 14.5. The number of hydrogen-bond acceptors (Lipinski definition) is 4. The van der Waals surface area contributed by atoms with Gasteiger partial charge in [0.15, 0.2) is 0 Å². The van der Waals surface area contributed by atoms with Gasteiger partial charge in [0.05, 0.1) is 18.8 Å². The van der Waals surface area contributed by atoms with Crippen LogP contribution < -0.4 is 10.2 Å². The molecule has 1 N–H and O–H groups in total. The number of ether oxygens (including phenoxy) is 1. The summed E-state index contributed by atoms with van der Waals surface area (Å²) >= 11 is 0. The van der Waals surface area contributed by atoms with Crippen molar-refractivity contribution in [2.75, 3.05) is 31.2 Å². The Morgan fingerprint density at radius 2 is 2.05 bits per heavy atom. The van der Waals surface area contributed by atoms with Gasteiger partial charge >= 0.3 is 0 Å². The first-order valence-corrected chi connectivity index (χ1v) is 7.18. The summed E-state index contributed by atoms with van der Waals surface area (Å²) in [7, 11) is 0. The van der Waals surface area contributed by atoms with E-state index >= 15 is 0 Å². The normalized spacial score (nSPS) is 17.1. The molecule has 1 amide bonds. The van der Waals surface area contributed by atoms with Crippen molar-refractivity contribution in [1.29, 1.82) is 0 Å². The third kappa shape index (κ3) is 3.48. The fraction of sp³-hybridized carbons (Fsp3) is 0.600. The van der Waals surface area contributed by atoms with Crippen molar-refractivity contribution in [3.8, 4) is 0 Å². The largest absolute Gasteiger partial charge is 0.378 e. The van der Waals surface area contributed by atoms with Gasteiger partial charge in [-0.3, -0.25) is 4.79 Å². The van der Waals surface area contributed by atoms with Gasteiger partial charge in [0.2, 0.25) is 0 Å². The van der Waals surface area contributed by atoms with Crippen LogP contribution in [0.2, 0.25) is 0 Å². The molecule has 0 bridgehead atoms. The van der Waals surface area contributed by atoms with Crippen molar-refractivity contribution in [2.45, 2.75) is 26.8 Å². The first kappa shape index (κ1) is 14.8. The monoisotopic (exact) mass is 277 g/mol. The Bertz CT molecular complexity index is 456. The molecule has 1 saturated heterocycles. The number of anilines is 1. The molecule has 110 valence electrons. The van der Waals surface area contributed by atoms with E-state index in [9.17, 15) is 4.79 Å². The molecule has 0 aromatic carbocycles. The van der Waals surface area contributed by atoms with E-state index in [0.717, 1.165) is 18.9 Å². The first-order valence-electron chi connectivity index (χ1n) is 7.18. The Hall–Kier alpha value is -1.62. The van der Waals surface area contributed by atoms with Gasteiger partial charge in [0.1, 0.15) is 5.82 Å². The molecular formula is C15H23N3O2. The fourth-order valence-electron chi connectivity index (χ4n) is 2.05. The Labute approximate surface area is 120 Å². The van der Waals surface area contributed by atoms with Gasteiger partial charge < -0.3 is 15.0 Å². The van der Waals surface area contributed by atoms with Crippen LogP contribution in [0.1, 0.15) is 31.1 Å². The van der Waals surface area contributed by atoms with Crippen LogP contribution in [0.3, 0.4) is 0 Å². The predicted octanol–water partition coefficient (Wildman–Crippen LogP) is 1.69. The molecule has 5 nitrogen and oxygen atoms in total. The van der Waals surface area contributed by atoms with Crippen molar-refractivity contribution >= 4 is 11.7 Å². The van der Waals surface area contributed by atoms with Crippen LogP contribution in [-0.2, 0) is 4.74 Å². The summed E-state index contributed by atoms with van der Waals surface area (Å²) in [6.07, 6.45) is 1.73. The van der Waals surface area contributed by atoms with Gasteiger partial charge in [0.25, 0.3) is 5.91 Å². The molecule has 0 spiro atoms. The highest BCUT2D eigenvalue weighted by Crippen LogP contribution is 2.18. The molecular weight excluding hydrogens is 254 g/mol. The standard InChI is InChI=1S/C15H23N3O2/c1-11(2)12(3)17-15(19)13-5-4-6-16-14(13)18-7-9-20-10-8-18/h4-6,11-12H,7-10H2,1-3H3,(H,17,19). The molecule has 2 rings (SSSR count). The third-order valence-corrected chi connectivity index (χ3v) is 3.70. The summed E-state index contributed by atoms with van der Waals surface area (Å²) in [5.74, 6) is 1.10. The third-order valence-electron chi connectivity index (χ3n) is 3.70. The Morgan fingerprint density at radius 3 is 2.70 bits per heavy atom. The van der Waals surface area contributed by atoms with E-state index in [1.54, 1.807) is 12.3 Å². The lowest BCUT2D eigenvalue weighted by molar-refractivity contribution is 0.0928. The SMILES string of the molecule is CC(C)C(C)NC(=O)c1cccnc1N1CCOCC1. The summed E-state index contributed by atoms with van der Waals surface area (Å²) in [6.45, 7) is 9.12. The number of morpholine rings is 1. The van der Waals surface area contributed by atoms with Crippen LogP contribution in [0.25, 0.3) is 0 Å². The fourth-order valence-corrected chi connectivity index (χ4v) is 2.05. The highest BCUT2D eigenvalue weighted by Gasteiger charge is 2.21. The summed E-state index contributed by atoms with van der Waals surface area (Å²) in [5.41, 5.74) is 0.641. The topological polar surface area (TPSA) is 54.5 Å². The number of nitrogens with one attached hydrogen (secondary N) is 1. The second kappa shape index (κ2) is 6.70. The van der Waals surface area contributed by atoms with E-state index in [1.165, 1.54) is 0 Å². The van der Waals surface area contributed by atoms with E-state index in [1.807, 2.05) is 13.0 Å². The molecule has 1 aromatic rings. The van der Waals surface area contributed by atoms with Crippen molar-refractivity contribution in [2.24, 2.45) is 5.92 Å². The molecule has 1 fully saturated rings. The Balaban J connectivity index is 2.16. The highest BCUT2D eigenvalue weighted by atomic mass is 16.5. The molecule has 1 aliphatic rings. The minimum atomic E-state index is -0.0548. The maximum absolute atomic E-state index is 12.4. The Morgan fingerprint density at radius 1 is 1.35 bits per heavy atom. The maximum Gasteiger partial charge on any atom is 0.255 e. The van der Waals surface area contributed by atoms with E-state index in [0.29, 0.717) is 24.7 Å². The number of pyridine rings is 1. The molecule has 1 aromatic heterocycles. The van der Waals surface area contributed by atoms with Crippen LogP contribution in [0, 0.1) is 5.92 Å². The van der Waals surface area contributed by atoms with E-state index in [4.69, 9.17) is 4.74 Å². The molecule has 2 heterocycles. The minimum absolute atomic E-state index is 0.0548. The first-order chi connectivity index (χ1) is 9.59. The summed E-state index contributed by atoms with van der Waals surface area (Å²) < 4.78 is 5.35. The molecule has 1 aliphatic heterocycles. The zero-order valence-corrected chi connectivity index (χ0v) is 12.4. The van der Waals surface area contributed by atoms with E-state index < -0.39 is 0 Å². The molecule has 1 unspecified atom stereocenters. The van der Waals surface area contributed by atoms with Gasteiger partial charge in [-0.25, -0.2) is 4.98 Å². The average molecular weight is 277 g/mol. The summed E-state index contributed by atoms with van der Waals surface area (Å²) in [5, 5.41) is 3.04. The Kier molecular flexibility index (Phi) is 4.95. The van der Waals surface area contributed by atoms with Gasteiger partial charge in [-0.1, -0.05) is 13.8 Å².